The number of nitrogens with one attached hydrogen (secondary N) is 1. The van der Waals surface area contributed by atoms with Crippen LogP contribution in [0.1, 0.15) is 50.6 Å². The van der Waals surface area contributed by atoms with E-state index < -0.39 is 0 Å². The first-order valence-corrected chi connectivity index (χ1v) is 6.39. The lowest BCUT2D eigenvalue weighted by atomic mass is 10.1. The third kappa shape index (κ3) is 3.76. The van der Waals surface area contributed by atoms with E-state index in [1.807, 2.05) is 6.20 Å². The van der Waals surface area contributed by atoms with Gasteiger partial charge < -0.3 is 5.32 Å². The molecule has 3 heteroatoms. The van der Waals surface area contributed by atoms with Gasteiger partial charge in [0, 0.05) is 11.6 Å². The standard InChI is InChI=1S/C11H20N2S/c1-3-5-6-7-10(12-4-2)11-13-8-9-14-11/h8-10,12H,3-7H2,1-2H3. The van der Waals surface area contributed by atoms with Crippen molar-refractivity contribution >= 4 is 11.3 Å². The van der Waals surface area contributed by atoms with Gasteiger partial charge in [-0.25, -0.2) is 4.98 Å². The van der Waals surface area contributed by atoms with Crippen molar-refractivity contribution in [3.8, 4) is 0 Å². The van der Waals surface area contributed by atoms with Crippen LogP contribution < -0.4 is 5.32 Å². The average molecular weight is 212 g/mol. The smallest absolute Gasteiger partial charge is 0.109 e. The molecule has 1 heterocycles. The number of aromatic nitrogens is 1. The van der Waals surface area contributed by atoms with Gasteiger partial charge in [0.15, 0.2) is 0 Å². The summed E-state index contributed by atoms with van der Waals surface area (Å²) in [5.74, 6) is 0. The second-order valence-corrected chi connectivity index (χ2v) is 4.40. The van der Waals surface area contributed by atoms with Crippen LogP contribution in [0, 0.1) is 0 Å². The van der Waals surface area contributed by atoms with Gasteiger partial charge in [0.05, 0.1) is 6.04 Å². The van der Waals surface area contributed by atoms with Crippen molar-refractivity contribution in [2.24, 2.45) is 0 Å². The highest BCUT2D eigenvalue weighted by molar-refractivity contribution is 7.09. The Morgan fingerprint density at radius 2 is 2.29 bits per heavy atom. The Labute approximate surface area is 90.8 Å². The van der Waals surface area contributed by atoms with E-state index in [2.05, 4.69) is 29.5 Å². The highest BCUT2D eigenvalue weighted by Crippen LogP contribution is 2.21. The first kappa shape index (κ1) is 11.7. The van der Waals surface area contributed by atoms with E-state index in [9.17, 15) is 0 Å². The third-order valence-corrected chi connectivity index (χ3v) is 3.19. The molecule has 1 aromatic heterocycles. The lowest BCUT2D eigenvalue weighted by molar-refractivity contribution is 0.485. The summed E-state index contributed by atoms with van der Waals surface area (Å²) in [6.45, 7) is 5.42. The molecule has 0 saturated heterocycles. The minimum Gasteiger partial charge on any atom is -0.308 e. The molecule has 0 radical (unpaired) electrons. The van der Waals surface area contributed by atoms with Crippen LogP contribution in [0.4, 0.5) is 0 Å². The lowest BCUT2D eigenvalue weighted by Crippen LogP contribution is -2.20. The van der Waals surface area contributed by atoms with Crippen LogP contribution in [0.15, 0.2) is 11.6 Å². The van der Waals surface area contributed by atoms with Crippen molar-refractivity contribution in [2.75, 3.05) is 6.54 Å². The van der Waals surface area contributed by atoms with Gasteiger partial charge in [0.25, 0.3) is 0 Å². The van der Waals surface area contributed by atoms with E-state index in [1.54, 1.807) is 11.3 Å². The van der Waals surface area contributed by atoms with E-state index in [-0.39, 0.29) is 0 Å². The summed E-state index contributed by atoms with van der Waals surface area (Å²) in [6, 6.07) is 0.478. The molecule has 0 spiro atoms. The van der Waals surface area contributed by atoms with Crippen LogP contribution in [0.2, 0.25) is 0 Å². The van der Waals surface area contributed by atoms with Gasteiger partial charge in [0.1, 0.15) is 5.01 Å². The fourth-order valence-corrected chi connectivity index (χ4v) is 2.31. The zero-order valence-electron chi connectivity index (χ0n) is 9.12. The molecule has 1 aromatic rings. The van der Waals surface area contributed by atoms with E-state index in [0.29, 0.717) is 6.04 Å². The minimum atomic E-state index is 0.478. The highest BCUT2D eigenvalue weighted by atomic mass is 32.1. The van der Waals surface area contributed by atoms with E-state index in [0.717, 1.165) is 6.54 Å². The quantitative estimate of drug-likeness (QED) is 0.701. The van der Waals surface area contributed by atoms with Crippen molar-refractivity contribution < 1.29 is 0 Å². The second-order valence-electron chi connectivity index (χ2n) is 3.48. The number of rotatable bonds is 7. The Hall–Kier alpha value is -0.410. The maximum atomic E-state index is 4.37. The molecule has 1 unspecified atom stereocenters. The van der Waals surface area contributed by atoms with E-state index in [4.69, 9.17) is 0 Å². The predicted octanol–water partition coefficient (Wildman–Crippen LogP) is 3.37. The SMILES string of the molecule is CCCCCC(NCC)c1nccs1. The zero-order chi connectivity index (χ0) is 10.2. The summed E-state index contributed by atoms with van der Waals surface area (Å²) in [7, 11) is 0. The van der Waals surface area contributed by atoms with Gasteiger partial charge in [-0.1, -0.05) is 33.1 Å². The Morgan fingerprint density at radius 1 is 1.43 bits per heavy atom. The van der Waals surface area contributed by atoms with Gasteiger partial charge in [-0.3, -0.25) is 0 Å². The molecule has 1 atom stereocenters. The molecule has 2 nitrogen and oxygen atoms in total. The van der Waals surface area contributed by atoms with Crippen LogP contribution in [0.3, 0.4) is 0 Å². The molecular weight excluding hydrogens is 192 g/mol. The molecule has 0 amide bonds. The topological polar surface area (TPSA) is 24.9 Å². The maximum absolute atomic E-state index is 4.37. The summed E-state index contributed by atoms with van der Waals surface area (Å²) < 4.78 is 0. The highest BCUT2D eigenvalue weighted by Gasteiger charge is 2.11. The van der Waals surface area contributed by atoms with Crippen molar-refractivity contribution in [3.63, 3.8) is 0 Å². The van der Waals surface area contributed by atoms with Gasteiger partial charge in [-0.05, 0) is 13.0 Å². The predicted molar refractivity (Wildman–Crippen MR) is 62.7 cm³/mol. The Morgan fingerprint density at radius 3 is 2.86 bits per heavy atom. The Bertz CT molecular complexity index is 221. The third-order valence-electron chi connectivity index (χ3n) is 2.30. The number of hydrogen-bond acceptors (Lipinski definition) is 3. The Balaban J connectivity index is 2.39. The number of nitrogens with zero attached hydrogens (tertiary/aromatic N) is 1. The summed E-state index contributed by atoms with van der Waals surface area (Å²) in [6.07, 6.45) is 7.02. The van der Waals surface area contributed by atoms with Gasteiger partial charge in [-0.15, -0.1) is 11.3 Å². The Kier molecular flexibility index (Phi) is 5.80. The van der Waals surface area contributed by atoms with Gasteiger partial charge in [-0.2, -0.15) is 0 Å². The van der Waals surface area contributed by atoms with Crippen molar-refractivity contribution in [1.82, 2.24) is 10.3 Å². The van der Waals surface area contributed by atoms with Crippen LogP contribution in [0.25, 0.3) is 0 Å². The van der Waals surface area contributed by atoms with Gasteiger partial charge >= 0.3 is 0 Å². The molecule has 0 fully saturated rings. The molecule has 0 aromatic carbocycles. The maximum Gasteiger partial charge on any atom is 0.109 e. The van der Waals surface area contributed by atoms with E-state index >= 15 is 0 Å². The largest absolute Gasteiger partial charge is 0.308 e. The van der Waals surface area contributed by atoms with Crippen LogP contribution >= 0.6 is 11.3 Å². The number of unbranched alkanes of at least 4 members (excludes halogenated alkanes) is 2. The fraction of sp³-hybridized carbons (Fsp3) is 0.727. The fourth-order valence-electron chi connectivity index (χ4n) is 1.56. The molecule has 0 aliphatic carbocycles. The van der Waals surface area contributed by atoms with Crippen LogP contribution in [-0.4, -0.2) is 11.5 Å². The number of hydrogen-bond donors (Lipinski definition) is 1. The number of thiazole rings is 1. The summed E-state index contributed by atoms with van der Waals surface area (Å²) in [5.41, 5.74) is 0. The summed E-state index contributed by atoms with van der Waals surface area (Å²) >= 11 is 1.76. The van der Waals surface area contributed by atoms with Crippen LogP contribution in [0.5, 0.6) is 0 Å². The molecule has 80 valence electrons. The zero-order valence-corrected chi connectivity index (χ0v) is 9.94. The molecule has 0 saturated carbocycles. The molecule has 0 bridgehead atoms. The lowest BCUT2D eigenvalue weighted by Gasteiger charge is -2.14. The summed E-state index contributed by atoms with van der Waals surface area (Å²) in [4.78, 5) is 4.37. The average Bonchev–Trinajstić information content (AvgIpc) is 2.70. The first-order chi connectivity index (χ1) is 6.88. The van der Waals surface area contributed by atoms with E-state index in [1.165, 1.54) is 30.7 Å². The van der Waals surface area contributed by atoms with Gasteiger partial charge in [0.2, 0.25) is 0 Å². The van der Waals surface area contributed by atoms with Crippen molar-refractivity contribution in [3.05, 3.63) is 16.6 Å². The second kappa shape index (κ2) is 6.96. The molecule has 14 heavy (non-hydrogen) atoms. The minimum absolute atomic E-state index is 0.478. The monoisotopic (exact) mass is 212 g/mol. The van der Waals surface area contributed by atoms with Crippen molar-refractivity contribution in [2.45, 2.75) is 45.6 Å². The molecule has 1 N–H and O–H groups in total. The molecule has 0 aliphatic heterocycles. The van der Waals surface area contributed by atoms with Crippen molar-refractivity contribution in [1.29, 1.82) is 0 Å². The first-order valence-electron chi connectivity index (χ1n) is 5.51. The molecular formula is C11H20N2S. The summed E-state index contributed by atoms with van der Waals surface area (Å²) in [5, 5.41) is 6.79. The molecule has 0 aliphatic rings. The van der Waals surface area contributed by atoms with Crippen LogP contribution in [-0.2, 0) is 0 Å². The molecule has 1 rings (SSSR count). The normalized spacial score (nSPS) is 13.0.